The Morgan fingerprint density at radius 3 is 2.69 bits per heavy atom. The third-order valence-corrected chi connectivity index (χ3v) is 7.33. The van der Waals surface area contributed by atoms with Gasteiger partial charge in [-0.05, 0) is 49.4 Å². The minimum Gasteiger partial charge on any atom is -0.363 e. The van der Waals surface area contributed by atoms with Gasteiger partial charge in [0.25, 0.3) is 0 Å². The zero-order valence-electron chi connectivity index (χ0n) is 20.4. The molecule has 3 aromatic heterocycles. The van der Waals surface area contributed by atoms with Crippen molar-refractivity contribution in [3.05, 3.63) is 71.9 Å². The number of nitrogens with one attached hydrogen (secondary N) is 2. The van der Waals surface area contributed by atoms with E-state index in [2.05, 4.69) is 25.5 Å². The van der Waals surface area contributed by atoms with Gasteiger partial charge in [-0.25, -0.2) is 19.3 Å². The van der Waals surface area contributed by atoms with Crippen molar-refractivity contribution in [1.82, 2.24) is 25.3 Å². The standard InChI is InChI=1S/C28H30FN7/c1-18(21-7-2-3-8-23(21)29)33-25-15-20(9-10-32-25)27-34-24-17-31-16-22(19-5-4-6-19)26(24)28(35-27)36-13-11-30-12-14-36/h2-3,7-10,15-19,30H,4-6,11-14H2,1H3,(H,32,33)/t18-/m1/s1. The lowest BCUT2D eigenvalue weighted by Gasteiger charge is -2.32. The molecule has 184 valence electrons. The van der Waals surface area contributed by atoms with E-state index in [4.69, 9.17) is 9.97 Å². The molecule has 1 aliphatic heterocycles. The van der Waals surface area contributed by atoms with Gasteiger partial charge in [0.15, 0.2) is 5.82 Å². The number of hydrogen-bond donors (Lipinski definition) is 2. The van der Waals surface area contributed by atoms with Gasteiger partial charge < -0.3 is 15.5 Å². The third-order valence-electron chi connectivity index (χ3n) is 7.33. The summed E-state index contributed by atoms with van der Waals surface area (Å²) in [6, 6.07) is 10.4. The van der Waals surface area contributed by atoms with E-state index < -0.39 is 0 Å². The molecule has 1 saturated carbocycles. The van der Waals surface area contributed by atoms with E-state index in [0.717, 1.165) is 48.5 Å². The van der Waals surface area contributed by atoms with Gasteiger partial charge in [-0.1, -0.05) is 24.6 Å². The quantitative estimate of drug-likeness (QED) is 0.396. The van der Waals surface area contributed by atoms with Crippen LogP contribution in [0.15, 0.2) is 55.0 Å². The monoisotopic (exact) mass is 483 g/mol. The summed E-state index contributed by atoms with van der Waals surface area (Å²) in [5.74, 6) is 2.59. The molecule has 0 spiro atoms. The van der Waals surface area contributed by atoms with Gasteiger partial charge >= 0.3 is 0 Å². The second-order valence-electron chi connectivity index (χ2n) is 9.68. The van der Waals surface area contributed by atoms with Crippen LogP contribution in [0.2, 0.25) is 0 Å². The lowest BCUT2D eigenvalue weighted by Crippen LogP contribution is -2.44. The topological polar surface area (TPSA) is 78.9 Å². The number of aromatic nitrogens is 4. The van der Waals surface area contributed by atoms with Gasteiger partial charge in [0.2, 0.25) is 0 Å². The summed E-state index contributed by atoms with van der Waals surface area (Å²) in [7, 11) is 0. The molecule has 0 unspecified atom stereocenters. The van der Waals surface area contributed by atoms with Crippen LogP contribution >= 0.6 is 0 Å². The van der Waals surface area contributed by atoms with Crippen molar-refractivity contribution in [2.24, 2.45) is 0 Å². The average Bonchev–Trinajstić information content (AvgIpc) is 2.88. The first-order valence-corrected chi connectivity index (χ1v) is 12.8. The van der Waals surface area contributed by atoms with E-state index in [1.54, 1.807) is 18.3 Å². The van der Waals surface area contributed by atoms with Crippen LogP contribution in [0.4, 0.5) is 16.0 Å². The van der Waals surface area contributed by atoms with E-state index in [9.17, 15) is 4.39 Å². The number of hydrogen-bond acceptors (Lipinski definition) is 7. The summed E-state index contributed by atoms with van der Waals surface area (Å²) >= 11 is 0. The minimum absolute atomic E-state index is 0.234. The average molecular weight is 484 g/mol. The molecule has 1 aromatic carbocycles. The van der Waals surface area contributed by atoms with E-state index >= 15 is 0 Å². The van der Waals surface area contributed by atoms with Gasteiger partial charge in [-0.15, -0.1) is 0 Å². The van der Waals surface area contributed by atoms with Crippen LogP contribution in [-0.4, -0.2) is 46.1 Å². The molecule has 4 heterocycles. The summed E-state index contributed by atoms with van der Waals surface area (Å²) in [5.41, 5.74) is 3.61. The molecule has 2 N–H and O–H groups in total. The minimum atomic E-state index is -0.239. The lowest BCUT2D eigenvalue weighted by atomic mass is 9.79. The summed E-state index contributed by atoms with van der Waals surface area (Å²) in [6.07, 6.45) is 9.27. The molecule has 8 heteroatoms. The third kappa shape index (κ3) is 4.37. The van der Waals surface area contributed by atoms with Gasteiger partial charge in [0, 0.05) is 55.1 Å². The lowest BCUT2D eigenvalue weighted by molar-refractivity contribution is 0.421. The van der Waals surface area contributed by atoms with Crippen molar-refractivity contribution < 1.29 is 4.39 Å². The first-order valence-electron chi connectivity index (χ1n) is 12.8. The van der Waals surface area contributed by atoms with Crippen molar-refractivity contribution >= 4 is 22.5 Å². The largest absolute Gasteiger partial charge is 0.363 e. The van der Waals surface area contributed by atoms with E-state index in [1.165, 1.54) is 30.9 Å². The maximum atomic E-state index is 14.3. The Morgan fingerprint density at radius 1 is 1.08 bits per heavy atom. The Kier molecular flexibility index (Phi) is 6.19. The number of rotatable bonds is 6. The molecular weight excluding hydrogens is 453 g/mol. The van der Waals surface area contributed by atoms with Crippen LogP contribution in [0.3, 0.4) is 0 Å². The summed E-state index contributed by atoms with van der Waals surface area (Å²) in [4.78, 5) is 21.5. The second kappa shape index (κ2) is 9.78. The Morgan fingerprint density at radius 2 is 1.92 bits per heavy atom. The Balaban J connectivity index is 1.39. The Hall–Kier alpha value is -3.65. The molecular formula is C28H30FN7. The number of piperazine rings is 1. The van der Waals surface area contributed by atoms with Crippen LogP contribution in [0.1, 0.15) is 49.3 Å². The normalized spacial score (nSPS) is 17.1. The Labute approximate surface area is 210 Å². The van der Waals surface area contributed by atoms with Gasteiger partial charge in [-0.2, -0.15) is 0 Å². The molecule has 0 radical (unpaired) electrons. The maximum Gasteiger partial charge on any atom is 0.162 e. The number of pyridine rings is 2. The molecule has 2 fully saturated rings. The van der Waals surface area contributed by atoms with Crippen molar-refractivity contribution in [2.45, 2.75) is 38.1 Å². The fraction of sp³-hybridized carbons (Fsp3) is 0.357. The molecule has 1 saturated heterocycles. The van der Waals surface area contributed by atoms with Crippen molar-refractivity contribution in [3.63, 3.8) is 0 Å². The van der Waals surface area contributed by atoms with Crippen LogP contribution in [0.25, 0.3) is 22.3 Å². The number of halogens is 1. The molecule has 0 bridgehead atoms. The highest BCUT2D eigenvalue weighted by Gasteiger charge is 2.26. The van der Waals surface area contributed by atoms with Crippen LogP contribution < -0.4 is 15.5 Å². The van der Waals surface area contributed by atoms with E-state index in [1.807, 2.05) is 37.5 Å². The molecule has 2 aliphatic rings. The summed E-state index contributed by atoms with van der Waals surface area (Å²) < 4.78 is 14.3. The fourth-order valence-electron chi connectivity index (χ4n) is 5.13. The predicted molar refractivity (Wildman–Crippen MR) is 141 cm³/mol. The zero-order valence-corrected chi connectivity index (χ0v) is 20.4. The van der Waals surface area contributed by atoms with Crippen molar-refractivity contribution in [1.29, 1.82) is 0 Å². The predicted octanol–water partition coefficient (Wildman–Crippen LogP) is 5.08. The van der Waals surface area contributed by atoms with Crippen LogP contribution in [0.5, 0.6) is 0 Å². The second-order valence-corrected chi connectivity index (χ2v) is 9.68. The molecule has 4 aromatic rings. The first kappa shape index (κ1) is 22.8. The van der Waals surface area contributed by atoms with Crippen molar-refractivity contribution in [2.75, 3.05) is 36.4 Å². The van der Waals surface area contributed by atoms with Crippen LogP contribution in [0, 0.1) is 5.82 Å². The molecule has 6 rings (SSSR count). The first-order chi connectivity index (χ1) is 17.7. The highest BCUT2D eigenvalue weighted by atomic mass is 19.1. The molecule has 1 aliphatic carbocycles. The van der Waals surface area contributed by atoms with Gasteiger partial charge in [0.1, 0.15) is 17.5 Å². The van der Waals surface area contributed by atoms with E-state index in [0.29, 0.717) is 23.1 Å². The highest BCUT2D eigenvalue weighted by molar-refractivity contribution is 5.94. The smallest absolute Gasteiger partial charge is 0.162 e. The SMILES string of the molecule is C[C@@H](Nc1cc(-c2nc(N3CCNCC3)c3c(C4CCC4)cncc3n2)ccn1)c1ccccc1F. The zero-order chi connectivity index (χ0) is 24.5. The number of benzene rings is 1. The molecule has 1 atom stereocenters. The number of fused-ring (bicyclic) bond motifs is 1. The fourth-order valence-corrected chi connectivity index (χ4v) is 5.13. The summed E-state index contributed by atoms with van der Waals surface area (Å²) in [6.45, 7) is 5.60. The molecule has 0 amide bonds. The molecule has 7 nitrogen and oxygen atoms in total. The molecule has 36 heavy (non-hydrogen) atoms. The summed E-state index contributed by atoms with van der Waals surface area (Å²) in [5, 5.41) is 7.91. The van der Waals surface area contributed by atoms with E-state index in [-0.39, 0.29) is 11.9 Å². The maximum absolute atomic E-state index is 14.3. The Bertz CT molecular complexity index is 1380. The number of anilines is 2. The van der Waals surface area contributed by atoms with Crippen molar-refractivity contribution in [3.8, 4) is 11.4 Å². The number of nitrogens with zero attached hydrogens (tertiary/aromatic N) is 5. The van der Waals surface area contributed by atoms with Gasteiger partial charge in [0.05, 0.1) is 17.8 Å². The highest BCUT2D eigenvalue weighted by Crippen LogP contribution is 2.42. The van der Waals surface area contributed by atoms with Crippen LogP contribution in [-0.2, 0) is 0 Å². The van der Waals surface area contributed by atoms with Gasteiger partial charge in [-0.3, -0.25) is 4.98 Å².